The van der Waals surface area contributed by atoms with Crippen LogP contribution in [-0.2, 0) is 0 Å². The van der Waals surface area contributed by atoms with Crippen molar-refractivity contribution in [3.05, 3.63) is 23.3 Å². The Balaban J connectivity index is 1.05. The quantitative estimate of drug-likeness (QED) is 0.803. The third kappa shape index (κ3) is 4.14. The molecule has 1 aliphatic carbocycles. The highest BCUT2D eigenvalue weighted by Crippen LogP contribution is 2.38. The molecule has 4 heterocycles. The van der Waals surface area contributed by atoms with Gasteiger partial charge in [0.2, 0.25) is 0 Å². The molecule has 3 aliphatic rings. The first kappa shape index (κ1) is 18.6. The maximum absolute atomic E-state index is 12.5. The monoisotopic (exact) mass is 400 g/mol. The first-order chi connectivity index (χ1) is 13.8. The molecule has 6 heteroatoms. The summed E-state index contributed by atoms with van der Waals surface area (Å²) < 4.78 is 3.55. The Morgan fingerprint density at radius 1 is 1.00 bits per heavy atom. The molecular formula is C22H32N4OS. The van der Waals surface area contributed by atoms with Gasteiger partial charge in [0.05, 0.1) is 9.58 Å². The Morgan fingerprint density at radius 2 is 1.79 bits per heavy atom. The number of rotatable bonds is 6. The highest BCUT2D eigenvalue weighted by molar-refractivity contribution is 7.20. The van der Waals surface area contributed by atoms with Crippen molar-refractivity contribution in [2.24, 2.45) is 0 Å². The first-order valence-electron chi connectivity index (χ1n) is 11.1. The number of carbonyl (C=O) groups is 1. The van der Waals surface area contributed by atoms with E-state index in [1.807, 2.05) is 0 Å². The van der Waals surface area contributed by atoms with E-state index in [1.165, 1.54) is 81.2 Å². The molecule has 5 rings (SSSR count). The van der Waals surface area contributed by atoms with E-state index >= 15 is 0 Å². The molecule has 0 unspecified atom stereocenters. The van der Waals surface area contributed by atoms with Crippen LogP contribution in [0.1, 0.15) is 60.7 Å². The van der Waals surface area contributed by atoms with Gasteiger partial charge in [0.1, 0.15) is 0 Å². The molecule has 2 saturated heterocycles. The Labute approximate surface area is 171 Å². The topological polar surface area (TPSA) is 40.5 Å². The van der Waals surface area contributed by atoms with E-state index in [1.54, 1.807) is 11.3 Å². The minimum atomic E-state index is 0.0855. The maximum atomic E-state index is 12.5. The van der Waals surface area contributed by atoms with E-state index in [2.05, 4.69) is 38.1 Å². The normalized spacial score (nSPS) is 22.7. The molecule has 2 aliphatic heterocycles. The number of thiophene rings is 1. The van der Waals surface area contributed by atoms with Crippen LogP contribution in [0.4, 0.5) is 0 Å². The number of nitrogens with zero attached hydrogens (tertiary/aromatic N) is 3. The van der Waals surface area contributed by atoms with Crippen LogP contribution in [0.25, 0.3) is 10.1 Å². The summed E-state index contributed by atoms with van der Waals surface area (Å²) in [6, 6.07) is 3.55. The summed E-state index contributed by atoms with van der Waals surface area (Å²) in [4.78, 5) is 18.6. The Hall–Kier alpha value is -1.37. The Morgan fingerprint density at radius 3 is 2.50 bits per heavy atom. The molecule has 1 amide bonds. The van der Waals surface area contributed by atoms with E-state index < -0.39 is 0 Å². The van der Waals surface area contributed by atoms with E-state index in [4.69, 9.17) is 0 Å². The molecule has 152 valence electrons. The summed E-state index contributed by atoms with van der Waals surface area (Å²) in [6.45, 7) is 6.67. The van der Waals surface area contributed by atoms with Gasteiger partial charge >= 0.3 is 0 Å². The van der Waals surface area contributed by atoms with Gasteiger partial charge in [-0.15, -0.1) is 11.3 Å². The minimum Gasteiger partial charge on any atom is -0.350 e. The highest BCUT2D eigenvalue weighted by atomic mass is 32.1. The van der Waals surface area contributed by atoms with E-state index in [0.717, 1.165) is 24.0 Å². The summed E-state index contributed by atoms with van der Waals surface area (Å²) >= 11 is 1.62. The fraction of sp³-hybridized carbons (Fsp3) is 0.682. The van der Waals surface area contributed by atoms with Crippen molar-refractivity contribution < 1.29 is 4.79 Å². The summed E-state index contributed by atoms with van der Waals surface area (Å²) in [5, 5.41) is 4.34. The van der Waals surface area contributed by atoms with Gasteiger partial charge in [-0.25, -0.2) is 0 Å². The molecule has 2 aromatic rings. The lowest BCUT2D eigenvalue weighted by molar-refractivity contribution is 0.0883. The number of amides is 1. The lowest BCUT2D eigenvalue weighted by atomic mass is 10.00. The largest absolute Gasteiger partial charge is 0.350 e. The van der Waals surface area contributed by atoms with E-state index in [-0.39, 0.29) is 5.91 Å². The number of likely N-dealkylation sites (tertiary alicyclic amines) is 2. The van der Waals surface area contributed by atoms with Crippen LogP contribution >= 0.6 is 11.3 Å². The van der Waals surface area contributed by atoms with Crippen LogP contribution in [0.15, 0.2) is 18.5 Å². The molecule has 0 spiro atoms. The number of carbonyl (C=O) groups excluding carboxylic acids is 1. The van der Waals surface area contributed by atoms with Crippen LogP contribution in [-0.4, -0.2) is 65.6 Å². The van der Waals surface area contributed by atoms with Gasteiger partial charge in [-0.2, -0.15) is 0 Å². The Bertz CT molecular complexity index is 778. The number of aromatic nitrogens is 1. The van der Waals surface area contributed by atoms with Crippen LogP contribution < -0.4 is 5.32 Å². The van der Waals surface area contributed by atoms with Gasteiger partial charge in [0.25, 0.3) is 5.91 Å². The number of fused-ring (bicyclic) bond motifs is 1. The molecule has 0 aromatic carbocycles. The maximum Gasteiger partial charge on any atom is 0.261 e. The van der Waals surface area contributed by atoms with Gasteiger partial charge in [-0.05, 0) is 70.8 Å². The summed E-state index contributed by atoms with van der Waals surface area (Å²) in [5.41, 5.74) is 0. The van der Waals surface area contributed by atoms with Crippen LogP contribution in [0.3, 0.4) is 0 Å². The zero-order valence-corrected chi connectivity index (χ0v) is 17.6. The predicted octanol–water partition coefficient (Wildman–Crippen LogP) is 3.72. The fourth-order valence-corrected chi connectivity index (χ4v) is 5.85. The van der Waals surface area contributed by atoms with Gasteiger partial charge in [0, 0.05) is 43.0 Å². The van der Waals surface area contributed by atoms with Crippen LogP contribution in [0.2, 0.25) is 0 Å². The predicted molar refractivity (Wildman–Crippen MR) is 115 cm³/mol. The Kier molecular flexibility index (Phi) is 5.44. The van der Waals surface area contributed by atoms with Crippen LogP contribution in [0.5, 0.6) is 0 Å². The van der Waals surface area contributed by atoms with Gasteiger partial charge in [-0.1, -0.05) is 6.42 Å². The second-order valence-corrected chi connectivity index (χ2v) is 9.88. The zero-order chi connectivity index (χ0) is 18.9. The molecule has 2 aromatic heterocycles. The number of nitrogens with one attached hydrogen (secondary N) is 1. The third-order valence-electron chi connectivity index (χ3n) is 6.72. The van der Waals surface area contributed by atoms with E-state index in [9.17, 15) is 4.79 Å². The van der Waals surface area contributed by atoms with Gasteiger partial charge < -0.3 is 19.7 Å². The molecular weight excluding hydrogens is 368 g/mol. The minimum absolute atomic E-state index is 0.0855. The summed E-state index contributed by atoms with van der Waals surface area (Å²) in [6.07, 6.45) is 13.8. The van der Waals surface area contributed by atoms with Crippen molar-refractivity contribution in [1.82, 2.24) is 19.7 Å². The van der Waals surface area contributed by atoms with Crippen LogP contribution in [0, 0.1) is 0 Å². The smallest absolute Gasteiger partial charge is 0.261 e. The van der Waals surface area contributed by atoms with Crippen molar-refractivity contribution in [1.29, 1.82) is 0 Å². The SMILES string of the molecule is O=C(NCCN1CCC(N2CCCCC2)CC1)c1cc2cn(C3CC3)cc2s1. The average molecular weight is 401 g/mol. The molecule has 1 saturated carbocycles. The zero-order valence-electron chi connectivity index (χ0n) is 16.7. The number of hydrogen-bond acceptors (Lipinski definition) is 4. The van der Waals surface area contributed by atoms with Crippen molar-refractivity contribution in [2.75, 3.05) is 39.3 Å². The first-order valence-corrected chi connectivity index (χ1v) is 11.9. The lowest BCUT2D eigenvalue weighted by Gasteiger charge is -2.40. The highest BCUT2D eigenvalue weighted by Gasteiger charge is 2.26. The molecule has 28 heavy (non-hydrogen) atoms. The summed E-state index contributed by atoms with van der Waals surface area (Å²) in [5.74, 6) is 0.0855. The average Bonchev–Trinajstić information content (AvgIpc) is 3.38. The van der Waals surface area contributed by atoms with Crippen molar-refractivity contribution in [2.45, 2.75) is 57.0 Å². The molecule has 3 fully saturated rings. The second kappa shape index (κ2) is 8.17. The molecule has 1 N–H and O–H groups in total. The number of piperidine rings is 2. The molecule has 5 nitrogen and oxygen atoms in total. The molecule has 0 bridgehead atoms. The van der Waals surface area contributed by atoms with Crippen molar-refractivity contribution in [3.63, 3.8) is 0 Å². The van der Waals surface area contributed by atoms with Crippen molar-refractivity contribution >= 4 is 27.3 Å². The molecule has 0 atom stereocenters. The lowest BCUT2D eigenvalue weighted by Crippen LogP contribution is -2.48. The fourth-order valence-electron chi connectivity index (χ4n) is 4.86. The third-order valence-corrected chi connectivity index (χ3v) is 7.80. The van der Waals surface area contributed by atoms with Gasteiger partial charge in [0.15, 0.2) is 0 Å². The standard InChI is InChI=1S/C22H32N4OS/c27-22(20-14-17-15-26(18-4-5-18)16-21(17)28-20)23-8-13-24-11-6-19(7-12-24)25-9-2-1-3-10-25/h14-16,18-19H,1-13H2,(H,23,27). The van der Waals surface area contributed by atoms with E-state index in [0.29, 0.717) is 6.04 Å². The van der Waals surface area contributed by atoms with Gasteiger partial charge in [-0.3, -0.25) is 4.79 Å². The molecule has 0 radical (unpaired) electrons. The van der Waals surface area contributed by atoms with Crippen molar-refractivity contribution in [3.8, 4) is 0 Å². The summed E-state index contributed by atoms with van der Waals surface area (Å²) in [7, 11) is 0. The second-order valence-electron chi connectivity index (χ2n) is 8.79. The number of hydrogen-bond donors (Lipinski definition) is 1.